The van der Waals surface area contributed by atoms with Crippen LogP contribution >= 0.6 is 0 Å². The maximum absolute atomic E-state index is 4.71. The van der Waals surface area contributed by atoms with Gasteiger partial charge in [0.25, 0.3) is 0 Å². The van der Waals surface area contributed by atoms with Crippen molar-refractivity contribution in [1.82, 2.24) is 9.97 Å². The van der Waals surface area contributed by atoms with Gasteiger partial charge in [-0.15, -0.1) is 0 Å². The summed E-state index contributed by atoms with van der Waals surface area (Å²) in [6.45, 7) is 4.29. The van der Waals surface area contributed by atoms with Gasteiger partial charge in [-0.2, -0.15) is 0 Å². The van der Waals surface area contributed by atoms with E-state index in [1.165, 1.54) is 11.1 Å². The molecular formula is C28H26N2. The monoisotopic (exact) mass is 390 g/mol. The average molecular weight is 391 g/mol. The molecule has 0 N–H and O–H groups in total. The van der Waals surface area contributed by atoms with Crippen LogP contribution in [-0.2, 0) is 6.42 Å². The molecule has 0 saturated carbocycles. The number of nitrogens with zero attached hydrogens (tertiary/aromatic N) is 2. The Hall–Kier alpha value is -3.52. The molecule has 0 bridgehead atoms. The van der Waals surface area contributed by atoms with Crippen LogP contribution in [0.25, 0.3) is 23.1 Å². The summed E-state index contributed by atoms with van der Waals surface area (Å²) in [4.78, 5) is 9.40. The van der Waals surface area contributed by atoms with E-state index in [0.29, 0.717) is 5.92 Å². The molecule has 2 nitrogen and oxygen atoms in total. The average Bonchev–Trinajstić information content (AvgIpc) is 2.73. The van der Waals surface area contributed by atoms with Crippen molar-refractivity contribution < 1.29 is 0 Å². The van der Waals surface area contributed by atoms with E-state index in [1.54, 1.807) is 0 Å². The Labute approximate surface area is 178 Å². The molecule has 0 amide bonds. The van der Waals surface area contributed by atoms with Gasteiger partial charge >= 0.3 is 0 Å². The maximum atomic E-state index is 4.71. The summed E-state index contributed by atoms with van der Waals surface area (Å²) >= 11 is 0. The Kier molecular flexibility index (Phi) is 6.14. The van der Waals surface area contributed by atoms with Gasteiger partial charge in [0.15, 0.2) is 0 Å². The minimum Gasteiger partial charge on any atom is -0.256 e. The molecule has 0 saturated heterocycles. The van der Waals surface area contributed by atoms with Gasteiger partial charge in [0.1, 0.15) is 0 Å². The summed E-state index contributed by atoms with van der Waals surface area (Å²) in [6.07, 6.45) is 15.3. The van der Waals surface area contributed by atoms with E-state index in [2.05, 4.69) is 85.8 Å². The van der Waals surface area contributed by atoms with Crippen molar-refractivity contribution in [2.75, 3.05) is 0 Å². The SMILES string of the molecule is Cc1ccc2cccccc(CC(C)c3cnc4/c(c3)=C\C=C/C=C\C=4)ccc2n1. The smallest absolute Gasteiger partial charge is 0.0705 e. The Morgan fingerprint density at radius 3 is 2.57 bits per heavy atom. The van der Waals surface area contributed by atoms with Crippen molar-refractivity contribution in [3.63, 3.8) is 0 Å². The second kappa shape index (κ2) is 9.32. The zero-order chi connectivity index (χ0) is 20.8. The van der Waals surface area contributed by atoms with Crippen molar-refractivity contribution in [1.29, 1.82) is 0 Å². The lowest BCUT2D eigenvalue weighted by atomic mass is 9.95. The summed E-state index contributed by atoms with van der Waals surface area (Å²) in [5, 5.41) is 3.31. The van der Waals surface area contributed by atoms with Gasteiger partial charge in [-0.25, -0.2) is 0 Å². The highest BCUT2D eigenvalue weighted by atomic mass is 14.7. The molecule has 1 atom stereocenters. The normalized spacial score (nSPS) is 17.7. The first-order valence-corrected chi connectivity index (χ1v) is 10.4. The summed E-state index contributed by atoms with van der Waals surface area (Å²) in [5.74, 6) is 0.355. The van der Waals surface area contributed by atoms with Crippen molar-refractivity contribution >= 4 is 23.1 Å². The van der Waals surface area contributed by atoms with E-state index >= 15 is 0 Å². The lowest BCUT2D eigenvalue weighted by molar-refractivity contribution is 0.753. The molecule has 2 heteroatoms. The number of aromatic nitrogens is 2. The number of hydrogen-bond donors (Lipinski definition) is 0. The largest absolute Gasteiger partial charge is 0.256 e. The third-order valence-electron chi connectivity index (χ3n) is 5.31. The van der Waals surface area contributed by atoms with Crippen LogP contribution in [-0.4, -0.2) is 9.97 Å². The van der Waals surface area contributed by atoms with Crippen molar-refractivity contribution in [2.45, 2.75) is 26.2 Å². The topological polar surface area (TPSA) is 25.8 Å². The number of pyridine rings is 2. The molecule has 0 fully saturated rings. The van der Waals surface area contributed by atoms with Gasteiger partial charge in [0, 0.05) is 22.5 Å². The molecule has 3 aromatic rings. The molecule has 4 rings (SSSR count). The van der Waals surface area contributed by atoms with Crippen LogP contribution in [0.1, 0.15) is 29.7 Å². The number of rotatable bonds is 3. The first-order valence-electron chi connectivity index (χ1n) is 10.4. The van der Waals surface area contributed by atoms with Crippen molar-refractivity contribution in [2.24, 2.45) is 0 Å². The van der Waals surface area contributed by atoms with Crippen molar-refractivity contribution in [3.8, 4) is 0 Å². The van der Waals surface area contributed by atoms with Crippen LogP contribution in [0, 0.1) is 6.92 Å². The highest BCUT2D eigenvalue weighted by Gasteiger charge is 2.07. The standard InChI is InChI=1S/C28H26N2/c1-21(26-19-25-12-7-3-4-9-13-27(25)29-20-26)18-23-10-6-5-8-11-24-16-14-22(2)30-28(24)17-15-23/h3-17,19-21H,18H2,1-2H3/b4-3?,6-5?,7-3-,8-5?,9-4-,10-6?,11-8?,12-7?,13-9?,17-15?,23-10?,23-15?,24-11?,25-12-,27-13+,28-17?. The fraction of sp³-hybridized carbons (Fsp3) is 0.143. The van der Waals surface area contributed by atoms with Crippen LogP contribution in [0.2, 0.25) is 0 Å². The zero-order valence-electron chi connectivity index (χ0n) is 17.5. The fourth-order valence-electron chi connectivity index (χ4n) is 3.60. The van der Waals surface area contributed by atoms with Gasteiger partial charge < -0.3 is 0 Å². The molecule has 1 aliphatic carbocycles. The summed E-state index contributed by atoms with van der Waals surface area (Å²) in [5.41, 5.74) is 4.56. The lowest BCUT2D eigenvalue weighted by Gasteiger charge is -2.11. The predicted molar refractivity (Wildman–Crippen MR) is 127 cm³/mol. The third-order valence-corrected chi connectivity index (χ3v) is 5.31. The van der Waals surface area contributed by atoms with E-state index in [-0.39, 0.29) is 0 Å². The summed E-state index contributed by atoms with van der Waals surface area (Å²) < 4.78 is 0. The van der Waals surface area contributed by atoms with Crippen LogP contribution < -0.4 is 10.6 Å². The quantitative estimate of drug-likeness (QED) is 0.622. The van der Waals surface area contributed by atoms with Crippen LogP contribution in [0.5, 0.6) is 0 Å². The van der Waals surface area contributed by atoms with Gasteiger partial charge in [0.05, 0.1) is 10.9 Å². The van der Waals surface area contributed by atoms with Gasteiger partial charge in [-0.3, -0.25) is 9.97 Å². The van der Waals surface area contributed by atoms with Crippen LogP contribution in [0.4, 0.5) is 0 Å². The Bertz CT molecular complexity index is 1300. The van der Waals surface area contributed by atoms with E-state index in [9.17, 15) is 0 Å². The van der Waals surface area contributed by atoms with Crippen LogP contribution in [0.15, 0.2) is 91.2 Å². The molecule has 1 aliphatic rings. The molecule has 2 aromatic heterocycles. The molecule has 1 unspecified atom stereocenters. The van der Waals surface area contributed by atoms with Crippen LogP contribution in [0.3, 0.4) is 0 Å². The van der Waals surface area contributed by atoms with E-state index in [0.717, 1.165) is 33.6 Å². The van der Waals surface area contributed by atoms with Gasteiger partial charge in [0.2, 0.25) is 0 Å². The molecule has 0 radical (unpaired) electrons. The Morgan fingerprint density at radius 2 is 1.67 bits per heavy atom. The minimum absolute atomic E-state index is 0.355. The molecular weight excluding hydrogens is 364 g/mol. The van der Waals surface area contributed by atoms with E-state index in [4.69, 9.17) is 9.97 Å². The summed E-state index contributed by atoms with van der Waals surface area (Å²) in [7, 11) is 0. The third kappa shape index (κ3) is 4.90. The molecule has 0 spiro atoms. The first kappa shape index (κ1) is 19.8. The fourth-order valence-corrected chi connectivity index (χ4v) is 3.60. The zero-order valence-corrected chi connectivity index (χ0v) is 17.5. The number of aryl methyl sites for hydroxylation is 1. The minimum atomic E-state index is 0.355. The highest BCUT2D eigenvalue weighted by Crippen LogP contribution is 2.18. The van der Waals surface area contributed by atoms with Gasteiger partial charge in [-0.1, -0.05) is 79.8 Å². The number of fused-ring (bicyclic) bond motifs is 2. The second-order valence-electron chi connectivity index (χ2n) is 7.70. The molecule has 2 heterocycles. The molecule has 148 valence electrons. The van der Waals surface area contributed by atoms with E-state index in [1.807, 2.05) is 31.3 Å². The second-order valence-corrected chi connectivity index (χ2v) is 7.70. The molecule has 1 aromatic carbocycles. The summed E-state index contributed by atoms with van der Waals surface area (Å²) in [6, 6.07) is 21.3. The number of allylic oxidation sites excluding steroid dienone is 4. The molecule has 0 aliphatic heterocycles. The number of hydrogen-bond acceptors (Lipinski definition) is 2. The van der Waals surface area contributed by atoms with Gasteiger partial charge in [-0.05, 0) is 54.7 Å². The lowest BCUT2D eigenvalue weighted by Crippen LogP contribution is -2.28. The maximum Gasteiger partial charge on any atom is 0.0705 e. The first-order chi connectivity index (χ1) is 14.7. The molecule has 30 heavy (non-hydrogen) atoms. The van der Waals surface area contributed by atoms with E-state index < -0.39 is 0 Å². The Morgan fingerprint density at radius 1 is 0.833 bits per heavy atom. The Balaban J connectivity index is 1.69. The predicted octanol–water partition coefficient (Wildman–Crippen LogP) is 5.10. The highest BCUT2D eigenvalue weighted by molar-refractivity contribution is 5.77. The van der Waals surface area contributed by atoms with Crippen molar-refractivity contribution in [3.05, 3.63) is 119 Å².